The molecule has 1 nitrogen and oxygen atoms in total. The molecule has 26 heavy (non-hydrogen) atoms. The van der Waals surface area contributed by atoms with Crippen molar-refractivity contribution >= 4 is 11.9 Å². The number of hydrogen-bond donors (Lipinski definition) is 0. The van der Waals surface area contributed by atoms with Gasteiger partial charge in [0, 0.05) is 5.92 Å². The first-order valence-electron chi connectivity index (χ1n) is 10.5. The predicted molar refractivity (Wildman–Crippen MR) is 111 cm³/mol. The maximum Gasteiger partial charge on any atom is 0.161 e. The lowest BCUT2D eigenvalue weighted by molar-refractivity contribution is -0.119. The van der Waals surface area contributed by atoms with Crippen molar-refractivity contribution in [2.45, 2.75) is 72.1 Å². The number of carbonyl (C=O) groups is 1. The molecule has 0 saturated heterocycles. The smallest absolute Gasteiger partial charge is 0.161 e. The maximum atomic E-state index is 12.9. The van der Waals surface area contributed by atoms with Crippen molar-refractivity contribution in [2.75, 3.05) is 0 Å². The molecule has 0 spiro atoms. The van der Waals surface area contributed by atoms with Crippen LogP contribution in [0.4, 0.5) is 0 Å². The second-order valence-corrected chi connectivity index (χ2v) is 8.63. The van der Waals surface area contributed by atoms with Crippen LogP contribution >= 0.6 is 0 Å². The molecule has 0 N–H and O–H groups in total. The molecule has 1 unspecified atom stereocenters. The molecule has 2 aliphatic carbocycles. The first-order valence-corrected chi connectivity index (χ1v) is 10.5. The van der Waals surface area contributed by atoms with Gasteiger partial charge in [0.15, 0.2) is 5.78 Å². The zero-order chi connectivity index (χ0) is 18.7. The minimum absolute atomic E-state index is 0.314. The Bertz CT molecular complexity index is 703. The minimum atomic E-state index is 0.314. The Hall–Kier alpha value is -1.63. The first-order chi connectivity index (χ1) is 12.5. The molecular weight excluding hydrogens is 316 g/mol. The Labute approximate surface area is 159 Å². The molecule has 3 rings (SSSR count). The lowest BCUT2D eigenvalue weighted by atomic mass is 9.82. The Kier molecular flexibility index (Phi) is 6.16. The van der Waals surface area contributed by atoms with Gasteiger partial charge in [0.2, 0.25) is 0 Å². The van der Waals surface area contributed by atoms with E-state index in [0.717, 1.165) is 37.7 Å². The van der Waals surface area contributed by atoms with Crippen molar-refractivity contribution in [1.82, 2.24) is 0 Å². The zero-order valence-corrected chi connectivity index (χ0v) is 16.8. The third-order valence-electron chi connectivity index (χ3n) is 6.60. The molecule has 0 radical (unpaired) electrons. The number of benzene rings is 1. The summed E-state index contributed by atoms with van der Waals surface area (Å²) in [6, 6.07) is 4.57. The van der Waals surface area contributed by atoms with Gasteiger partial charge >= 0.3 is 0 Å². The molecule has 1 heteroatoms. The summed E-state index contributed by atoms with van der Waals surface area (Å²) in [7, 11) is 0. The SMILES string of the molecule is C=Cc1cc(C)cc(CC2CCC=C(C(=O)C3CCCC3)[C@@H](C)C2)c1C. The van der Waals surface area contributed by atoms with Crippen molar-refractivity contribution in [1.29, 1.82) is 0 Å². The van der Waals surface area contributed by atoms with Crippen LogP contribution in [0.15, 0.2) is 30.4 Å². The first kappa shape index (κ1) is 19.1. The standard InChI is InChI=1S/C25H34O/c1-5-21-13-17(2)14-23(19(21)4)16-20-9-8-12-24(18(3)15-20)25(26)22-10-6-7-11-22/h5,12-14,18,20,22H,1,6-11,15-16H2,2-4H3/t18-,20?/m0/s1. The second kappa shape index (κ2) is 8.37. The molecule has 2 atom stereocenters. The monoisotopic (exact) mass is 350 g/mol. The van der Waals surface area contributed by atoms with Gasteiger partial charge in [-0.3, -0.25) is 4.79 Å². The highest BCUT2D eigenvalue weighted by Gasteiger charge is 2.30. The van der Waals surface area contributed by atoms with E-state index in [-0.39, 0.29) is 0 Å². The van der Waals surface area contributed by atoms with Gasteiger partial charge in [-0.15, -0.1) is 0 Å². The van der Waals surface area contributed by atoms with Crippen molar-refractivity contribution in [3.05, 3.63) is 52.6 Å². The number of aryl methyl sites for hydroxylation is 1. The molecule has 140 valence electrons. The fourth-order valence-corrected chi connectivity index (χ4v) is 5.07. The molecule has 1 aromatic carbocycles. The zero-order valence-electron chi connectivity index (χ0n) is 16.8. The van der Waals surface area contributed by atoms with E-state index < -0.39 is 0 Å². The number of Topliss-reactive ketones (excluding diaryl/α,β-unsaturated/α-hetero) is 1. The van der Waals surface area contributed by atoms with E-state index in [2.05, 4.69) is 45.6 Å². The quantitative estimate of drug-likeness (QED) is 0.584. The van der Waals surface area contributed by atoms with Gasteiger partial charge < -0.3 is 0 Å². The number of hydrogen-bond acceptors (Lipinski definition) is 1. The fraction of sp³-hybridized carbons (Fsp3) is 0.560. The summed E-state index contributed by atoms with van der Waals surface area (Å²) < 4.78 is 0. The predicted octanol–water partition coefficient (Wildman–Crippen LogP) is 6.61. The number of rotatable bonds is 5. The van der Waals surface area contributed by atoms with Crippen molar-refractivity contribution in [3.8, 4) is 0 Å². The number of ketones is 1. The van der Waals surface area contributed by atoms with Gasteiger partial charge in [-0.05, 0) is 86.5 Å². The Morgan fingerprint density at radius 1 is 1.19 bits per heavy atom. The van der Waals surface area contributed by atoms with Crippen LogP contribution in [0.25, 0.3) is 6.08 Å². The third kappa shape index (κ3) is 4.19. The van der Waals surface area contributed by atoms with Gasteiger partial charge in [0.1, 0.15) is 0 Å². The number of carbonyl (C=O) groups excluding carboxylic acids is 1. The average Bonchev–Trinajstić information content (AvgIpc) is 3.08. The van der Waals surface area contributed by atoms with Crippen LogP contribution in [0.3, 0.4) is 0 Å². The van der Waals surface area contributed by atoms with E-state index in [1.807, 2.05) is 6.08 Å². The summed E-state index contributed by atoms with van der Waals surface area (Å²) >= 11 is 0. The molecule has 0 aliphatic heterocycles. The summed E-state index contributed by atoms with van der Waals surface area (Å²) in [5.74, 6) is 1.85. The molecule has 1 fully saturated rings. The van der Waals surface area contributed by atoms with Gasteiger partial charge in [-0.1, -0.05) is 56.2 Å². The van der Waals surface area contributed by atoms with Crippen LogP contribution in [0.1, 0.15) is 74.1 Å². The summed E-state index contributed by atoms with van der Waals surface area (Å²) in [5, 5.41) is 0. The van der Waals surface area contributed by atoms with Crippen LogP contribution in [-0.4, -0.2) is 5.78 Å². The lowest BCUT2D eigenvalue weighted by Gasteiger charge is -2.22. The minimum Gasteiger partial charge on any atom is -0.294 e. The highest BCUT2D eigenvalue weighted by molar-refractivity contribution is 5.97. The van der Waals surface area contributed by atoms with E-state index >= 15 is 0 Å². The molecule has 0 amide bonds. The highest BCUT2D eigenvalue weighted by Crippen LogP contribution is 2.36. The molecule has 0 bridgehead atoms. The molecule has 1 saturated carbocycles. The van der Waals surface area contributed by atoms with Crippen molar-refractivity contribution in [2.24, 2.45) is 17.8 Å². The van der Waals surface area contributed by atoms with Crippen LogP contribution in [-0.2, 0) is 11.2 Å². The van der Waals surface area contributed by atoms with Crippen LogP contribution in [0.2, 0.25) is 0 Å². The van der Waals surface area contributed by atoms with E-state index in [1.165, 1.54) is 41.5 Å². The fourth-order valence-electron chi connectivity index (χ4n) is 5.07. The number of allylic oxidation sites excluding steroid dienone is 2. The van der Waals surface area contributed by atoms with Gasteiger partial charge in [-0.25, -0.2) is 0 Å². The lowest BCUT2D eigenvalue weighted by Crippen LogP contribution is -2.19. The van der Waals surface area contributed by atoms with Gasteiger partial charge in [0.25, 0.3) is 0 Å². The summed E-state index contributed by atoms with van der Waals surface area (Å²) in [4.78, 5) is 12.9. The third-order valence-corrected chi connectivity index (χ3v) is 6.60. The van der Waals surface area contributed by atoms with Crippen LogP contribution in [0.5, 0.6) is 0 Å². The van der Waals surface area contributed by atoms with E-state index in [4.69, 9.17) is 0 Å². The molecule has 2 aliphatic rings. The van der Waals surface area contributed by atoms with Crippen LogP contribution in [0, 0.1) is 31.6 Å². The summed E-state index contributed by atoms with van der Waals surface area (Å²) in [6.07, 6.45) is 13.5. The molecular formula is C25H34O. The van der Waals surface area contributed by atoms with Crippen molar-refractivity contribution in [3.63, 3.8) is 0 Å². The van der Waals surface area contributed by atoms with E-state index in [1.54, 1.807) is 0 Å². The Morgan fingerprint density at radius 2 is 1.92 bits per heavy atom. The molecule has 1 aromatic rings. The topological polar surface area (TPSA) is 17.1 Å². The highest BCUT2D eigenvalue weighted by atomic mass is 16.1. The largest absolute Gasteiger partial charge is 0.294 e. The summed E-state index contributed by atoms with van der Waals surface area (Å²) in [5.41, 5.74) is 6.56. The normalized spacial score (nSPS) is 24.2. The van der Waals surface area contributed by atoms with E-state index in [9.17, 15) is 4.79 Å². The average molecular weight is 351 g/mol. The van der Waals surface area contributed by atoms with Crippen molar-refractivity contribution < 1.29 is 4.79 Å². The second-order valence-electron chi connectivity index (χ2n) is 8.63. The van der Waals surface area contributed by atoms with E-state index in [0.29, 0.717) is 23.5 Å². The summed E-state index contributed by atoms with van der Waals surface area (Å²) in [6.45, 7) is 10.6. The van der Waals surface area contributed by atoms with Gasteiger partial charge in [-0.2, -0.15) is 0 Å². The Morgan fingerprint density at radius 3 is 2.62 bits per heavy atom. The molecule has 0 heterocycles. The van der Waals surface area contributed by atoms with Crippen LogP contribution < -0.4 is 0 Å². The Balaban J connectivity index is 1.70. The maximum absolute atomic E-state index is 12.9. The molecule has 0 aromatic heterocycles. The van der Waals surface area contributed by atoms with Gasteiger partial charge in [0.05, 0.1) is 0 Å².